The van der Waals surface area contributed by atoms with Crippen LogP contribution in [-0.4, -0.2) is 42.8 Å². The van der Waals surface area contributed by atoms with Crippen LogP contribution in [0.15, 0.2) is 29.6 Å². The van der Waals surface area contributed by atoms with E-state index in [1.807, 2.05) is 62.2 Å². The van der Waals surface area contributed by atoms with E-state index in [4.69, 9.17) is 4.74 Å². The van der Waals surface area contributed by atoms with Crippen LogP contribution >= 0.6 is 11.8 Å². The van der Waals surface area contributed by atoms with Gasteiger partial charge in [0.15, 0.2) is 11.0 Å². The molecule has 1 aromatic carbocycles. The van der Waals surface area contributed by atoms with Crippen molar-refractivity contribution in [1.29, 1.82) is 0 Å². The Bertz CT molecular complexity index is 1010. The monoisotopic (exact) mass is 428 g/mol. The normalized spacial score (nSPS) is 11.0. The van der Waals surface area contributed by atoms with Crippen molar-refractivity contribution in [2.45, 2.75) is 52.9 Å². The van der Waals surface area contributed by atoms with Gasteiger partial charge in [0.2, 0.25) is 11.8 Å². The van der Waals surface area contributed by atoms with Crippen molar-refractivity contribution in [3.8, 4) is 17.3 Å². The first-order valence-corrected chi connectivity index (χ1v) is 11.1. The summed E-state index contributed by atoms with van der Waals surface area (Å²) in [5, 5.41) is 16.8. The molecule has 0 aliphatic carbocycles. The maximum atomic E-state index is 12.4. The van der Waals surface area contributed by atoms with E-state index >= 15 is 0 Å². The number of nitrogens with zero attached hydrogens (tertiary/aromatic N) is 5. The summed E-state index contributed by atoms with van der Waals surface area (Å²) in [7, 11) is 0. The fourth-order valence-corrected chi connectivity index (χ4v) is 4.02. The Morgan fingerprint density at radius 3 is 2.47 bits per heavy atom. The van der Waals surface area contributed by atoms with E-state index in [2.05, 4.69) is 26.7 Å². The van der Waals surface area contributed by atoms with E-state index in [1.54, 1.807) is 0 Å². The van der Waals surface area contributed by atoms with Crippen LogP contribution in [0.2, 0.25) is 0 Å². The van der Waals surface area contributed by atoms with Gasteiger partial charge >= 0.3 is 0 Å². The minimum atomic E-state index is -0.0778. The number of thioether (sulfide) groups is 1. The number of hydrogen-bond acceptors (Lipinski definition) is 6. The topological polar surface area (TPSA) is 86.9 Å². The summed E-state index contributed by atoms with van der Waals surface area (Å²) in [6.07, 6.45) is 1.92. The van der Waals surface area contributed by atoms with Gasteiger partial charge in [-0.3, -0.25) is 9.48 Å². The first-order valence-electron chi connectivity index (χ1n) is 10.1. The summed E-state index contributed by atoms with van der Waals surface area (Å²) < 4.78 is 9.48. The van der Waals surface area contributed by atoms with Crippen molar-refractivity contribution in [3.63, 3.8) is 0 Å². The molecule has 3 rings (SSSR count). The molecule has 0 unspecified atom stereocenters. The highest BCUT2D eigenvalue weighted by Gasteiger charge is 2.20. The van der Waals surface area contributed by atoms with Crippen LogP contribution in [0.4, 0.5) is 5.69 Å². The van der Waals surface area contributed by atoms with E-state index in [-0.39, 0.29) is 11.7 Å². The van der Waals surface area contributed by atoms with Crippen LogP contribution < -0.4 is 10.1 Å². The largest absolute Gasteiger partial charge is 0.476 e. The molecule has 0 spiro atoms. The first kappa shape index (κ1) is 21.9. The number of ether oxygens (including phenoxy) is 1. The number of nitrogens with one attached hydrogen (secondary N) is 1. The molecule has 0 bridgehead atoms. The fourth-order valence-electron chi connectivity index (χ4n) is 3.22. The molecule has 0 aliphatic rings. The van der Waals surface area contributed by atoms with Crippen LogP contribution in [-0.2, 0) is 17.9 Å². The molecule has 0 saturated heterocycles. The zero-order chi connectivity index (χ0) is 21.7. The number of benzene rings is 1. The lowest BCUT2D eigenvalue weighted by molar-refractivity contribution is -0.113. The number of carbonyl (C=O) groups is 1. The first-order chi connectivity index (χ1) is 14.4. The van der Waals surface area contributed by atoms with Crippen molar-refractivity contribution < 1.29 is 9.53 Å². The third-order valence-corrected chi connectivity index (χ3v) is 5.41. The number of hydrogen-bond donors (Lipinski definition) is 1. The standard InChI is InChI=1S/C21H28N6O2S/c1-6-26-12-17(20(25-26)29-8-3)19-23-24-21(27(19)7-2)30-13-18(28)22-16-10-14(4)9-15(5)11-16/h9-12H,6-8,13H2,1-5H3,(H,22,28). The number of carbonyl (C=O) groups excluding carboxylic acids is 1. The maximum absolute atomic E-state index is 12.4. The number of anilines is 1. The summed E-state index contributed by atoms with van der Waals surface area (Å²) in [5.41, 5.74) is 3.85. The van der Waals surface area contributed by atoms with Crippen molar-refractivity contribution in [3.05, 3.63) is 35.5 Å². The molecule has 30 heavy (non-hydrogen) atoms. The van der Waals surface area contributed by atoms with E-state index in [1.165, 1.54) is 11.8 Å². The SMILES string of the molecule is CCOc1nn(CC)cc1-c1nnc(SCC(=O)Nc2cc(C)cc(C)c2)n1CC. The molecule has 3 aromatic rings. The van der Waals surface area contributed by atoms with Gasteiger partial charge in [-0.1, -0.05) is 17.8 Å². The van der Waals surface area contributed by atoms with E-state index in [0.717, 1.165) is 28.9 Å². The minimum Gasteiger partial charge on any atom is -0.476 e. The van der Waals surface area contributed by atoms with Crippen molar-refractivity contribution in [2.24, 2.45) is 0 Å². The smallest absolute Gasteiger partial charge is 0.243 e. The molecule has 9 heteroatoms. The zero-order valence-electron chi connectivity index (χ0n) is 18.1. The molecule has 1 N–H and O–H groups in total. The lowest BCUT2D eigenvalue weighted by Gasteiger charge is -2.09. The highest BCUT2D eigenvalue weighted by atomic mass is 32.2. The van der Waals surface area contributed by atoms with Crippen LogP contribution in [0, 0.1) is 13.8 Å². The van der Waals surface area contributed by atoms with Crippen LogP contribution in [0.3, 0.4) is 0 Å². The molecule has 0 radical (unpaired) electrons. The average Bonchev–Trinajstić information content (AvgIpc) is 3.28. The van der Waals surface area contributed by atoms with E-state index < -0.39 is 0 Å². The molecular formula is C21H28N6O2S. The molecule has 2 heterocycles. The third-order valence-electron chi connectivity index (χ3n) is 4.44. The number of amides is 1. The summed E-state index contributed by atoms with van der Waals surface area (Å²) in [6, 6.07) is 6.00. The molecule has 1 amide bonds. The Labute approximate surface area is 181 Å². The van der Waals surface area contributed by atoms with Crippen molar-refractivity contribution in [2.75, 3.05) is 17.7 Å². The molecule has 160 valence electrons. The average molecular weight is 429 g/mol. The van der Waals surface area contributed by atoms with Gasteiger partial charge in [-0.2, -0.15) is 0 Å². The highest BCUT2D eigenvalue weighted by molar-refractivity contribution is 7.99. The molecule has 2 aromatic heterocycles. The van der Waals surface area contributed by atoms with Gasteiger partial charge in [0.05, 0.1) is 12.4 Å². The van der Waals surface area contributed by atoms with Crippen LogP contribution in [0.5, 0.6) is 5.88 Å². The van der Waals surface area contributed by atoms with Crippen molar-refractivity contribution in [1.82, 2.24) is 24.5 Å². The molecule has 0 fully saturated rings. The van der Waals surface area contributed by atoms with Crippen molar-refractivity contribution >= 4 is 23.4 Å². The Morgan fingerprint density at radius 2 is 1.83 bits per heavy atom. The molecule has 8 nitrogen and oxygen atoms in total. The summed E-state index contributed by atoms with van der Waals surface area (Å²) >= 11 is 1.36. The third kappa shape index (κ3) is 5.02. The quantitative estimate of drug-likeness (QED) is 0.520. The van der Waals surface area contributed by atoms with Crippen LogP contribution in [0.25, 0.3) is 11.4 Å². The van der Waals surface area contributed by atoms with Gasteiger partial charge < -0.3 is 14.6 Å². The molecule has 0 atom stereocenters. The second kappa shape index (κ2) is 9.80. The summed E-state index contributed by atoms with van der Waals surface area (Å²) in [4.78, 5) is 12.4. The zero-order valence-corrected chi connectivity index (χ0v) is 18.9. The predicted octanol–water partition coefficient (Wildman–Crippen LogP) is 3.93. The Morgan fingerprint density at radius 1 is 1.10 bits per heavy atom. The summed E-state index contributed by atoms with van der Waals surface area (Å²) in [6.45, 7) is 11.9. The summed E-state index contributed by atoms with van der Waals surface area (Å²) in [5.74, 6) is 1.41. The highest BCUT2D eigenvalue weighted by Crippen LogP contribution is 2.30. The van der Waals surface area contributed by atoms with Gasteiger partial charge in [0, 0.05) is 25.0 Å². The van der Waals surface area contributed by atoms with Gasteiger partial charge in [-0.25, -0.2) is 0 Å². The van der Waals surface area contributed by atoms with E-state index in [9.17, 15) is 4.79 Å². The molecule has 0 saturated carbocycles. The Balaban J connectivity index is 1.74. The Hall–Kier alpha value is -2.81. The van der Waals surface area contributed by atoms with Crippen LogP contribution in [0.1, 0.15) is 31.9 Å². The molecular weight excluding hydrogens is 400 g/mol. The number of rotatable bonds is 9. The van der Waals surface area contributed by atoms with Gasteiger partial charge in [0.1, 0.15) is 5.56 Å². The lowest BCUT2D eigenvalue weighted by Crippen LogP contribution is -2.15. The minimum absolute atomic E-state index is 0.0778. The van der Waals surface area contributed by atoms with Gasteiger partial charge in [0.25, 0.3) is 0 Å². The van der Waals surface area contributed by atoms with E-state index in [0.29, 0.717) is 30.0 Å². The lowest BCUT2D eigenvalue weighted by atomic mass is 10.1. The second-order valence-electron chi connectivity index (χ2n) is 6.90. The predicted molar refractivity (Wildman–Crippen MR) is 119 cm³/mol. The number of aromatic nitrogens is 5. The van der Waals surface area contributed by atoms with Gasteiger partial charge in [-0.05, 0) is 57.9 Å². The second-order valence-corrected chi connectivity index (χ2v) is 7.84. The molecule has 0 aliphatic heterocycles. The fraction of sp³-hybridized carbons (Fsp3) is 0.429. The maximum Gasteiger partial charge on any atom is 0.243 e. The Kier molecular flexibility index (Phi) is 7.15. The van der Waals surface area contributed by atoms with Gasteiger partial charge in [-0.15, -0.1) is 15.3 Å². The number of aryl methyl sites for hydroxylation is 3.